The van der Waals surface area contributed by atoms with E-state index in [-0.39, 0.29) is 18.2 Å². The van der Waals surface area contributed by atoms with Crippen molar-refractivity contribution in [3.63, 3.8) is 0 Å². The fraction of sp³-hybridized carbons (Fsp3) is 0.571. The molecule has 3 aromatic rings. The zero-order valence-corrected chi connectivity index (χ0v) is 17.0. The summed E-state index contributed by atoms with van der Waals surface area (Å²) in [5.74, 6) is 0.598. The minimum atomic E-state index is -0.243. The molecule has 3 aromatic heterocycles. The van der Waals surface area contributed by atoms with Crippen LogP contribution in [0.2, 0.25) is 0 Å². The van der Waals surface area contributed by atoms with Gasteiger partial charge in [-0.2, -0.15) is 0 Å². The molecular weight excluding hydrogens is 356 g/mol. The SMILES string of the molecule is CCCc1nc2oc3c(N[C@@H](CC)CO)ncnc3c2c2c1COC(C)(C)C2. The molecule has 1 atom stereocenters. The summed E-state index contributed by atoms with van der Waals surface area (Å²) in [5, 5.41) is 13.8. The van der Waals surface area contributed by atoms with Gasteiger partial charge in [0.05, 0.1) is 35.9 Å². The number of hydrogen-bond donors (Lipinski definition) is 2. The Morgan fingerprint density at radius 2 is 2.07 bits per heavy atom. The molecule has 0 radical (unpaired) electrons. The predicted octanol–water partition coefficient (Wildman–Crippen LogP) is 3.76. The third-order valence-electron chi connectivity index (χ3n) is 5.45. The highest BCUT2D eigenvalue weighted by molar-refractivity contribution is 6.06. The van der Waals surface area contributed by atoms with Gasteiger partial charge in [0.15, 0.2) is 11.4 Å². The number of nitrogens with one attached hydrogen (secondary N) is 1. The maximum Gasteiger partial charge on any atom is 0.229 e. The predicted molar refractivity (Wildman–Crippen MR) is 108 cm³/mol. The van der Waals surface area contributed by atoms with Gasteiger partial charge in [-0.3, -0.25) is 0 Å². The number of nitrogens with zero attached hydrogens (tertiary/aromatic N) is 3. The van der Waals surface area contributed by atoms with Crippen molar-refractivity contribution in [1.82, 2.24) is 15.0 Å². The van der Waals surface area contributed by atoms with Gasteiger partial charge in [-0.25, -0.2) is 15.0 Å². The number of hydrogen-bond acceptors (Lipinski definition) is 7. The minimum absolute atomic E-state index is 0.0298. The van der Waals surface area contributed by atoms with Crippen LogP contribution in [0.25, 0.3) is 22.2 Å². The number of aryl methyl sites for hydroxylation is 1. The van der Waals surface area contributed by atoms with Gasteiger partial charge in [-0.05, 0) is 32.3 Å². The number of pyridine rings is 1. The van der Waals surface area contributed by atoms with Gasteiger partial charge in [0.1, 0.15) is 11.8 Å². The summed E-state index contributed by atoms with van der Waals surface area (Å²) in [6.07, 6.45) is 5.00. The van der Waals surface area contributed by atoms with Crippen LogP contribution in [0, 0.1) is 0 Å². The summed E-state index contributed by atoms with van der Waals surface area (Å²) in [6, 6.07) is -0.0869. The Balaban J connectivity index is 1.96. The molecule has 0 saturated heterocycles. The molecule has 150 valence electrons. The summed E-state index contributed by atoms with van der Waals surface area (Å²) in [4.78, 5) is 13.7. The first-order chi connectivity index (χ1) is 13.5. The highest BCUT2D eigenvalue weighted by atomic mass is 16.5. The first kappa shape index (κ1) is 19.1. The Hall–Kier alpha value is -2.25. The van der Waals surface area contributed by atoms with E-state index in [2.05, 4.69) is 36.1 Å². The largest absolute Gasteiger partial charge is 0.432 e. The third-order valence-corrected chi connectivity index (χ3v) is 5.45. The quantitative estimate of drug-likeness (QED) is 0.668. The number of rotatable bonds is 6. The van der Waals surface area contributed by atoms with Crippen molar-refractivity contribution < 1.29 is 14.3 Å². The van der Waals surface area contributed by atoms with E-state index < -0.39 is 0 Å². The first-order valence-electron chi connectivity index (χ1n) is 10.1. The lowest BCUT2D eigenvalue weighted by Gasteiger charge is -2.33. The van der Waals surface area contributed by atoms with E-state index in [4.69, 9.17) is 14.1 Å². The average molecular weight is 384 g/mol. The van der Waals surface area contributed by atoms with Crippen molar-refractivity contribution in [2.75, 3.05) is 11.9 Å². The Morgan fingerprint density at radius 3 is 2.79 bits per heavy atom. The summed E-state index contributed by atoms with van der Waals surface area (Å²) in [7, 11) is 0. The van der Waals surface area contributed by atoms with E-state index in [0.29, 0.717) is 23.7 Å². The second kappa shape index (κ2) is 7.29. The van der Waals surface area contributed by atoms with Crippen LogP contribution in [0.5, 0.6) is 0 Å². The fourth-order valence-electron chi connectivity index (χ4n) is 3.89. The van der Waals surface area contributed by atoms with Crippen LogP contribution in [0.1, 0.15) is 57.4 Å². The monoisotopic (exact) mass is 384 g/mol. The molecule has 7 nitrogen and oxygen atoms in total. The van der Waals surface area contributed by atoms with E-state index in [0.717, 1.165) is 42.3 Å². The summed E-state index contributed by atoms with van der Waals surface area (Å²) in [5.41, 5.74) is 5.17. The van der Waals surface area contributed by atoms with Crippen LogP contribution in [-0.4, -0.2) is 38.3 Å². The third kappa shape index (κ3) is 3.22. The molecule has 0 amide bonds. The standard InChI is InChI=1S/C21H28N4O3/c1-5-7-15-14-10-27-21(3,4)8-13(14)16-17-18(28-20(16)25-15)19(23-11-22-17)24-12(6-2)9-26/h11-12,26H,5-10H2,1-4H3,(H,22,23,24)/t12-/m0/s1. The molecule has 0 spiro atoms. The summed E-state index contributed by atoms with van der Waals surface area (Å²) < 4.78 is 12.3. The molecule has 0 aromatic carbocycles. The fourth-order valence-corrected chi connectivity index (χ4v) is 3.89. The molecule has 0 aliphatic carbocycles. The van der Waals surface area contributed by atoms with Crippen molar-refractivity contribution in [3.8, 4) is 0 Å². The Bertz CT molecular complexity index is 1010. The lowest BCUT2D eigenvalue weighted by Crippen LogP contribution is -2.32. The van der Waals surface area contributed by atoms with Crippen LogP contribution < -0.4 is 5.32 Å². The van der Waals surface area contributed by atoms with E-state index in [1.165, 1.54) is 11.1 Å². The molecule has 1 aliphatic heterocycles. The van der Waals surface area contributed by atoms with Gasteiger partial charge in [0.2, 0.25) is 5.71 Å². The number of anilines is 1. The van der Waals surface area contributed by atoms with E-state index in [9.17, 15) is 5.11 Å². The maximum atomic E-state index is 9.55. The van der Waals surface area contributed by atoms with Crippen LogP contribution in [0.3, 0.4) is 0 Å². The van der Waals surface area contributed by atoms with Crippen LogP contribution in [-0.2, 0) is 24.2 Å². The van der Waals surface area contributed by atoms with E-state index in [1.807, 2.05) is 6.92 Å². The topological polar surface area (TPSA) is 93.3 Å². The first-order valence-corrected chi connectivity index (χ1v) is 10.1. The lowest BCUT2D eigenvalue weighted by atomic mass is 9.88. The number of fused-ring (bicyclic) bond motifs is 5. The van der Waals surface area contributed by atoms with Crippen molar-refractivity contribution >= 4 is 28.0 Å². The van der Waals surface area contributed by atoms with Crippen molar-refractivity contribution in [2.24, 2.45) is 0 Å². The summed E-state index contributed by atoms with van der Waals surface area (Å²) in [6.45, 7) is 8.98. The molecule has 7 heteroatoms. The molecular formula is C21H28N4O3. The second-order valence-electron chi connectivity index (χ2n) is 8.11. The van der Waals surface area contributed by atoms with Gasteiger partial charge in [0.25, 0.3) is 0 Å². The molecule has 1 aliphatic rings. The molecule has 0 unspecified atom stereocenters. The Morgan fingerprint density at radius 1 is 1.25 bits per heavy atom. The van der Waals surface area contributed by atoms with Crippen LogP contribution >= 0.6 is 0 Å². The number of furan rings is 1. The van der Waals surface area contributed by atoms with Crippen molar-refractivity contribution in [3.05, 3.63) is 23.1 Å². The molecule has 4 heterocycles. The van der Waals surface area contributed by atoms with Gasteiger partial charge < -0.3 is 19.6 Å². The molecule has 2 N–H and O–H groups in total. The summed E-state index contributed by atoms with van der Waals surface area (Å²) >= 11 is 0. The number of aliphatic hydroxyl groups excluding tert-OH is 1. The molecule has 0 bridgehead atoms. The maximum absolute atomic E-state index is 9.55. The van der Waals surface area contributed by atoms with Gasteiger partial charge in [0, 0.05) is 12.0 Å². The number of ether oxygens (including phenoxy) is 1. The lowest BCUT2D eigenvalue weighted by molar-refractivity contribution is -0.0401. The normalized spacial score (nSPS) is 17.0. The highest BCUT2D eigenvalue weighted by Gasteiger charge is 2.32. The molecule has 4 rings (SSSR count). The van der Waals surface area contributed by atoms with Gasteiger partial charge in [-0.1, -0.05) is 20.3 Å². The van der Waals surface area contributed by atoms with Crippen LogP contribution in [0.15, 0.2) is 10.7 Å². The molecule has 0 saturated carbocycles. The minimum Gasteiger partial charge on any atom is -0.432 e. The molecule has 0 fully saturated rings. The second-order valence-corrected chi connectivity index (χ2v) is 8.11. The Kier molecular flexibility index (Phi) is 4.97. The Labute approximate surface area is 164 Å². The van der Waals surface area contributed by atoms with E-state index >= 15 is 0 Å². The highest BCUT2D eigenvalue weighted by Crippen LogP contribution is 2.39. The van der Waals surface area contributed by atoms with Crippen LogP contribution in [0.4, 0.5) is 5.82 Å². The van der Waals surface area contributed by atoms with E-state index in [1.54, 1.807) is 6.33 Å². The zero-order chi connectivity index (χ0) is 19.9. The van der Waals surface area contributed by atoms with Crippen molar-refractivity contribution in [1.29, 1.82) is 0 Å². The number of aromatic nitrogens is 3. The van der Waals surface area contributed by atoms with Crippen molar-refractivity contribution in [2.45, 2.75) is 71.6 Å². The average Bonchev–Trinajstić information content (AvgIpc) is 3.04. The zero-order valence-electron chi connectivity index (χ0n) is 17.0. The number of aliphatic hydroxyl groups is 1. The smallest absolute Gasteiger partial charge is 0.229 e. The van der Waals surface area contributed by atoms with Gasteiger partial charge >= 0.3 is 0 Å². The van der Waals surface area contributed by atoms with Gasteiger partial charge in [-0.15, -0.1) is 0 Å². The molecule has 28 heavy (non-hydrogen) atoms.